The molecule has 256 valence electrons. The molecule has 5 aromatic carbocycles. The second kappa shape index (κ2) is 14.9. The van der Waals surface area contributed by atoms with Crippen LogP contribution in [0.2, 0.25) is 0 Å². The zero-order valence-electron chi connectivity index (χ0n) is 27.4. The molecule has 0 unspecified atom stereocenters. The molecule has 1 aliphatic rings. The van der Waals surface area contributed by atoms with Crippen LogP contribution in [0, 0.1) is 0 Å². The molecule has 0 aliphatic carbocycles. The van der Waals surface area contributed by atoms with Gasteiger partial charge in [-0.1, -0.05) is 133 Å². The maximum absolute atomic E-state index is 15.0. The summed E-state index contributed by atoms with van der Waals surface area (Å²) in [5.74, 6) is -1.30. The molecule has 1 saturated heterocycles. The van der Waals surface area contributed by atoms with E-state index in [0.717, 1.165) is 34.4 Å². The molecule has 1 N–H and O–H groups in total. The highest BCUT2D eigenvalue weighted by molar-refractivity contribution is 6.27. The summed E-state index contributed by atoms with van der Waals surface area (Å²) in [6.07, 6.45) is -4.52. The van der Waals surface area contributed by atoms with Crippen LogP contribution in [0.5, 0.6) is 0 Å². The Labute approximate surface area is 295 Å². The summed E-state index contributed by atoms with van der Waals surface area (Å²) in [6.45, 7) is 2.02. The average molecular weight is 696 g/mol. The number of carbonyl (C=O) groups is 2. The zero-order chi connectivity index (χ0) is 35.3. The van der Waals surface area contributed by atoms with Gasteiger partial charge in [0.25, 0.3) is 0 Å². The van der Waals surface area contributed by atoms with Gasteiger partial charge in [0.1, 0.15) is 11.4 Å². The first-order valence-electron chi connectivity index (χ1n) is 16.4. The molecule has 0 radical (unpaired) electrons. The Bertz CT molecular complexity index is 1790. The monoisotopic (exact) mass is 695 g/mol. The van der Waals surface area contributed by atoms with Gasteiger partial charge in [0.15, 0.2) is 0 Å². The van der Waals surface area contributed by atoms with E-state index in [1.165, 1.54) is 17.0 Å². The van der Waals surface area contributed by atoms with Gasteiger partial charge in [-0.3, -0.25) is 14.5 Å². The van der Waals surface area contributed by atoms with E-state index in [-0.39, 0.29) is 25.0 Å². The van der Waals surface area contributed by atoms with Crippen LogP contribution in [0.4, 0.5) is 13.2 Å². The van der Waals surface area contributed by atoms with Crippen molar-refractivity contribution in [1.82, 2.24) is 15.1 Å². The number of alkyl halides is 4. The van der Waals surface area contributed by atoms with Gasteiger partial charge in [-0.05, 0) is 46.9 Å². The van der Waals surface area contributed by atoms with Gasteiger partial charge in [0.2, 0.25) is 11.8 Å². The Hall–Kier alpha value is -4.92. The van der Waals surface area contributed by atoms with Crippen LogP contribution in [-0.2, 0) is 15.8 Å². The van der Waals surface area contributed by atoms with Crippen LogP contribution in [0.3, 0.4) is 0 Å². The van der Waals surface area contributed by atoms with Gasteiger partial charge in [-0.2, -0.15) is 13.2 Å². The van der Waals surface area contributed by atoms with E-state index in [0.29, 0.717) is 5.56 Å². The first kappa shape index (κ1) is 34.9. The number of nitrogens with one attached hydrogen (secondary N) is 1. The van der Waals surface area contributed by atoms with Crippen LogP contribution in [0.1, 0.15) is 58.4 Å². The molecule has 2 amide bonds. The van der Waals surface area contributed by atoms with E-state index in [1.807, 2.05) is 121 Å². The molecule has 0 aromatic heterocycles. The second-order valence-corrected chi connectivity index (χ2v) is 12.8. The normalized spacial score (nSPS) is 14.9. The first-order valence-corrected chi connectivity index (χ1v) is 17.0. The number of benzene rings is 5. The molecule has 50 heavy (non-hydrogen) atoms. The average Bonchev–Trinajstić information content (AvgIpc) is 3.13. The third kappa shape index (κ3) is 7.18. The smallest absolute Gasteiger partial charge is 0.343 e. The molecule has 0 spiro atoms. The molecular formula is C41H37ClF3N3O2. The van der Waals surface area contributed by atoms with Crippen molar-refractivity contribution in [2.75, 3.05) is 19.0 Å². The SMILES string of the molecule is C[C@@H](c1ccc(C(F)(F)F)cc1)N(C(=O)CCl)C1(C(=O)NC(c2ccccc2)c2ccccc2)CN(C(c2ccccc2)c2ccccc2)C1. The number of nitrogens with zero attached hydrogens (tertiary/aromatic N) is 2. The lowest BCUT2D eigenvalue weighted by Crippen LogP contribution is -2.77. The maximum atomic E-state index is 15.0. The fourth-order valence-electron chi connectivity index (χ4n) is 7.00. The minimum atomic E-state index is -4.52. The van der Waals surface area contributed by atoms with Crippen LogP contribution in [0.25, 0.3) is 0 Å². The van der Waals surface area contributed by atoms with E-state index < -0.39 is 41.1 Å². The molecule has 1 atom stereocenters. The molecular weight excluding hydrogens is 659 g/mol. The van der Waals surface area contributed by atoms with Crippen molar-refractivity contribution in [3.63, 3.8) is 0 Å². The Morgan fingerprint density at radius 1 is 0.700 bits per heavy atom. The lowest BCUT2D eigenvalue weighted by molar-refractivity contribution is -0.165. The first-order chi connectivity index (χ1) is 24.1. The van der Waals surface area contributed by atoms with Crippen LogP contribution in [0.15, 0.2) is 146 Å². The minimum Gasteiger partial charge on any atom is -0.343 e. The van der Waals surface area contributed by atoms with Crippen molar-refractivity contribution in [2.45, 2.75) is 36.8 Å². The molecule has 0 saturated carbocycles. The van der Waals surface area contributed by atoms with Crippen molar-refractivity contribution < 1.29 is 22.8 Å². The Kier molecular flexibility index (Phi) is 10.4. The number of hydrogen-bond donors (Lipinski definition) is 1. The van der Waals surface area contributed by atoms with E-state index in [9.17, 15) is 18.0 Å². The molecule has 9 heteroatoms. The summed E-state index contributed by atoms with van der Waals surface area (Å²) < 4.78 is 40.4. The molecule has 1 fully saturated rings. The molecule has 1 aliphatic heterocycles. The number of carbonyl (C=O) groups excluding carboxylic acids is 2. The van der Waals surface area contributed by atoms with E-state index in [1.54, 1.807) is 6.92 Å². The van der Waals surface area contributed by atoms with Crippen molar-refractivity contribution >= 4 is 23.4 Å². The minimum absolute atomic E-state index is 0.150. The lowest BCUT2D eigenvalue weighted by Gasteiger charge is -2.58. The topological polar surface area (TPSA) is 52.7 Å². The summed E-state index contributed by atoms with van der Waals surface area (Å²) >= 11 is 6.26. The van der Waals surface area contributed by atoms with Crippen molar-refractivity contribution in [3.05, 3.63) is 179 Å². The van der Waals surface area contributed by atoms with Crippen molar-refractivity contribution in [2.24, 2.45) is 0 Å². The fraction of sp³-hybridized carbons (Fsp3) is 0.220. The molecule has 0 bridgehead atoms. The van der Waals surface area contributed by atoms with E-state index in [4.69, 9.17) is 11.6 Å². The maximum Gasteiger partial charge on any atom is 0.416 e. The van der Waals surface area contributed by atoms with Crippen LogP contribution < -0.4 is 5.32 Å². The molecule has 1 heterocycles. The number of halogens is 4. The predicted octanol–water partition coefficient (Wildman–Crippen LogP) is 8.58. The predicted molar refractivity (Wildman–Crippen MR) is 189 cm³/mol. The van der Waals surface area contributed by atoms with E-state index in [2.05, 4.69) is 10.2 Å². The van der Waals surface area contributed by atoms with Crippen LogP contribution >= 0.6 is 11.6 Å². The van der Waals surface area contributed by atoms with Gasteiger partial charge < -0.3 is 10.2 Å². The Balaban J connectivity index is 1.44. The Morgan fingerprint density at radius 3 is 1.52 bits per heavy atom. The summed E-state index contributed by atoms with van der Waals surface area (Å²) in [5.41, 5.74) is 1.99. The molecule has 6 rings (SSSR count). The zero-order valence-corrected chi connectivity index (χ0v) is 28.2. The summed E-state index contributed by atoms with van der Waals surface area (Å²) in [7, 11) is 0. The number of amides is 2. The highest BCUT2D eigenvalue weighted by atomic mass is 35.5. The van der Waals surface area contributed by atoms with Gasteiger partial charge in [-0.25, -0.2) is 0 Å². The third-order valence-corrected chi connectivity index (χ3v) is 9.67. The number of likely N-dealkylation sites (tertiary alicyclic amines) is 1. The standard InChI is InChI=1S/C41H37ClF3N3O2/c1-29(30-22-24-35(25-23-30)41(43,44)45)48(36(49)26-42)40(39(50)46-37(31-14-6-2-7-15-31)32-16-8-3-9-17-32)27-47(28-40)38(33-18-10-4-11-19-33)34-20-12-5-13-21-34/h2-25,29,37-38H,26-28H2,1H3,(H,46,50)/t29-/m0/s1. The second-order valence-electron chi connectivity index (χ2n) is 12.6. The molecule has 5 nitrogen and oxygen atoms in total. The van der Waals surface area contributed by atoms with Gasteiger partial charge in [-0.15, -0.1) is 11.6 Å². The molecule has 5 aromatic rings. The third-order valence-electron chi connectivity index (χ3n) is 9.44. The van der Waals surface area contributed by atoms with Crippen LogP contribution in [-0.4, -0.2) is 46.1 Å². The van der Waals surface area contributed by atoms with Crippen molar-refractivity contribution in [1.29, 1.82) is 0 Å². The summed E-state index contributed by atoms with van der Waals surface area (Å²) in [4.78, 5) is 32.6. The number of rotatable bonds is 11. The lowest BCUT2D eigenvalue weighted by atomic mass is 9.80. The van der Waals surface area contributed by atoms with Crippen molar-refractivity contribution in [3.8, 4) is 0 Å². The highest BCUT2D eigenvalue weighted by Crippen LogP contribution is 2.43. The van der Waals surface area contributed by atoms with Gasteiger partial charge in [0, 0.05) is 13.1 Å². The summed E-state index contributed by atoms with van der Waals surface area (Å²) in [5, 5.41) is 3.27. The fourth-order valence-corrected chi connectivity index (χ4v) is 7.13. The summed E-state index contributed by atoms with van der Waals surface area (Å²) in [6, 6.07) is 42.2. The van der Waals surface area contributed by atoms with E-state index >= 15 is 4.79 Å². The largest absolute Gasteiger partial charge is 0.416 e. The van der Waals surface area contributed by atoms with Gasteiger partial charge in [0.05, 0.1) is 23.7 Å². The quantitative estimate of drug-likeness (QED) is 0.141. The van der Waals surface area contributed by atoms with Gasteiger partial charge >= 0.3 is 6.18 Å². The highest BCUT2D eigenvalue weighted by Gasteiger charge is 2.58. The Morgan fingerprint density at radius 2 is 1.12 bits per heavy atom. The number of hydrogen-bond acceptors (Lipinski definition) is 3.